The molecule has 0 aromatic carbocycles. The average Bonchev–Trinajstić information content (AvgIpc) is 2.70. The van der Waals surface area contributed by atoms with Gasteiger partial charge in [0.2, 0.25) is 5.91 Å². The zero-order chi connectivity index (χ0) is 11.7. The lowest BCUT2D eigenvalue weighted by Crippen LogP contribution is -2.48. The number of hydrogen-bond acceptors (Lipinski definition) is 3. The normalized spacial score (nSPS) is 35.8. The first-order chi connectivity index (χ1) is 8.32. The molecule has 3 aliphatic heterocycles. The first kappa shape index (κ1) is 11.5. The van der Waals surface area contributed by atoms with Crippen molar-refractivity contribution in [3.63, 3.8) is 0 Å². The van der Waals surface area contributed by atoms with Crippen molar-refractivity contribution in [3.05, 3.63) is 0 Å². The Bertz CT molecular complexity index is 294. The molecule has 1 spiro atoms. The summed E-state index contributed by atoms with van der Waals surface area (Å²) in [6.07, 6.45) is 5.33. The number of likely N-dealkylation sites (tertiary alicyclic amines) is 1. The standard InChI is InChI=1S/C13H22N2O2/c16-12-13(4-1-6-14-10-13)5-7-15(12)11-2-8-17-9-3-11/h11,14H,1-10H2. The molecule has 0 radical (unpaired) electrons. The van der Waals surface area contributed by atoms with Crippen LogP contribution < -0.4 is 5.32 Å². The Balaban J connectivity index is 1.70. The summed E-state index contributed by atoms with van der Waals surface area (Å²) in [5.41, 5.74) is -0.0590. The predicted molar refractivity (Wildman–Crippen MR) is 64.7 cm³/mol. The van der Waals surface area contributed by atoms with Gasteiger partial charge in [0.05, 0.1) is 5.41 Å². The fourth-order valence-electron chi connectivity index (χ4n) is 3.56. The van der Waals surface area contributed by atoms with E-state index >= 15 is 0 Å². The van der Waals surface area contributed by atoms with Crippen molar-refractivity contribution < 1.29 is 9.53 Å². The summed E-state index contributed by atoms with van der Waals surface area (Å²) in [5.74, 6) is 0.414. The van der Waals surface area contributed by atoms with Gasteiger partial charge in [0.15, 0.2) is 0 Å². The molecule has 1 N–H and O–H groups in total. The topological polar surface area (TPSA) is 41.6 Å². The van der Waals surface area contributed by atoms with Gasteiger partial charge in [0.25, 0.3) is 0 Å². The van der Waals surface area contributed by atoms with Crippen LogP contribution in [0, 0.1) is 5.41 Å². The van der Waals surface area contributed by atoms with Gasteiger partial charge in [-0.1, -0.05) is 0 Å². The zero-order valence-electron chi connectivity index (χ0n) is 10.4. The largest absolute Gasteiger partial charge is 0.381 e. The van der Waals surface area contributed by atoms with Crippen LogP contribution in [0.5, 0.6) is 0 Å². The van der Waals surface area contributed by atoms with E-state index in [1.165, 1.54) is 0 Å². The Kier molecular flexibility index (Phi) is 3.09. The van der Waals surface area contributed by atoms with Crippen LogP contribution in [0.2, 0.25) is 0 Å². The monoisotopic (exact) mass is 238 g/mol. The molecule has 17 heavy (non-hydrogen) atoms. The molecule has 4 heteroatoms. The Hall–Kier alpha value is -0.610. The number of carbonyl (C=O) groups excluding carboxylic acids is 1. The SMILES string of the molecule is O=C1N(C2CCOCC2)CCC12CCCNC2. The third-order valence-corrected chi connectivity index (χ3v) is 4.65. The summed E-state index contributed by atoms with van der Waals surface area (Å²) in [6, 6.07) is 0.442. The molecule has 1 unspecified atom stereocenters. The number of nitrogens with zero attached hydrogens (tertiary/aromatic N) is 1. The van der Waals surface area contributed by atoms with Gasteiger partial charge in [-0.3, -0.25) is 4.79 Å². The van der Waals surface area contributed by atoms with E-state index in [1.54, 1.807) is 0 Å². The number of piperidine rings is 1. The minimum Gasteiger partial charge on any atom is -0.381 e. The number of hydrogen-bond donors (Lipinski definition) is 1. The fourth-order valence-corrected chi connectivity index (χ4v) is 3.56. The highest BCUT2D eigenvalue weighted by atomic mass is 16.5. The lowest BCUT2D eigenvalue weighted by molar-refractivity contribution is -0.140. The average molecular weight is 238 g/mol. The van der Waals surface area contributed by atoms with Crippen molar-refractivity contribution in [1.82, 2.24) is 10.2 Å². The van der Waals surface area contributed by atoms with Crippen LogP contribution in [0.4, 0.5) is 0 Å². The highest BCUT2D eigenvalue weighted by Gasteiger charge is 2.48. The van der Waals surface area contributed by atoms with Gasteiger partial charge in [-0.2, -0.15) is 0 Å². The number of rotatable bonds is 1. The molecule has 0 aromatic heterocycles. The zero-order valence-corrected chi connectivity index (χ0v) is 10.4. The molecule has 1 atom stereocenters. The summed E-state index contributed by atoms with van der Waals surface area (Å²) in [6.45, 7) is 4.57. The van der Waals surface area contributed by atoms with Gasteiger partial charge in [-0.05, 0) is 38.6 Å². The maximum absolute atomic E-state index is 12.6. The van der Waals surface area contributed by atoms with Crippen LogP contribution in [0.1, 0.15) is 32.1 Å². The summed E-state index contributed by atoms with van der Waals surface area (Å²) in [5, 5.41) is 3.40. The highest BCUT2D eigenvalue weighted by molar-refractivity contribution is 5.85. The Morgan fingerprint density at radius 3 is 2.82 bits per heavy atom. The van der Waals surface area contributed by atoms with Crippen LogP contribution in [-0.2, 0) is 9.53 Å². The third-order valence-electron chi connectivity index (χ3n) is 4.65. The number of amides is 1. The van der Waals surface area contributed by atoms with E-state index in [9.17, 15) is 4.79 Å². The lowest BCUT2D eigenvalue weighted by Gasteiger charge is -2.35. The number of nitrogens with one attached hydrogen (secondary N) is 1. The Labute approximate surface area is 103 Å². The summed E-state index contributed by atoms with van der Waals surface area (Å²) < 4.78 is 5.38. The van der Waals surface area contributed by atoms with E-state index in [0.717, 1.165) is 65.0 Å². The molecule has 3 fully saturated rings. The molecular weight excluding hydrogens is 216 g/mol. The quantitative estimate of drug-likeness (QED) is 0.733. The van der Waals surface area contributed by atoms with Crippen LogP contribution in [0.3, 0.4) is 0 Å². The van der Waals surface area contributed by atoms with Crippen molar-refractivity contribution in [2.45, 2.75) is 38.1 Å². The smallest absolute Gasteiger partial charge is 0.230 e. The van der Waals surface area contributed by atoms with E-state index < -0.39 is 0 Å². The van der Waals surface area contributed by atoms with Gasteiger partial charge in [0.1, 0.15) is 0 Å². The van der Waals surface area contributed by atoms with Crippen molar-refractivity contribution >= 4 is 5.91 Å². The first-order valence-electron chi connectivity index (χ1n) is 6.91. The second-order valence-corrected chi connectivity index (χ2v) is 5.65. The molecule has 3 rings (SSSR count). The maximum Gasteiger partial charge on any atom is 0.230 e. The van der Waals surface area contributed by atoms with Crippen LogP contribution in [-0.4, -0.2) is 49.7 Å². The molecule has 1 amide bonds. The molecule has 0 aromatic rings. The highest BCUT2D eigenvalue weighted by Crippen LogP contribution is 2.39. The van der Waals surface area contributed by atoms with Gasteiger partial charge < -0.3 is 15.0 Å². The lowest BCUT2D eigenvalue weighted by atomic mass is 9.79. The van der Waals surface area contributed by atoms with E-state index in [1.807, 2.05) is 0 Å². The molecule has 0 bridgehead atoms. The minimum absolute atomic E-state index is 0.0590. The van der Waals surface area contributed by atoms with E-state index in [0.29, 0.717) is 11.9 Å². The van der Waals surface area contributed by atoms with E-state index in [-0.39, 0.29) is 5.41 Å². The summed E-state index contributed by atoms with van der Waals surface area (Å²) in [7, 11) is 0. The molecule has 0 aliphatic carbocycles. The third kappa shape index (κ3) is 1.97. The second kappa shape index (κ2) is 4.58. The van der Waals surface area contributed by atoms with Crippen LogP contribution in [0.15, 0.2) is 0 Å². The van der Waals surface area contributed by atoms with Gasteiger partial charge in [0, 0.05) is 32.3 Å². The van der Waals surface area contributed by atoms with Crippen LogP contribution >= 0.6 is 0 Å². The minimum atomic E-state index is -0.0590. The molecule has 3 aliphatic rings. The van der Waals surface area contributed by atoms with Gasteiger partial charge in [-0.15, -0.1) is 0 Å². The van der Waals surface area contributed by atoms with Gasteiger partial charge in [-0.25, -0.2) is 0 Å². The number of carbonyl (C=O) groups is 1. The van der Waals surface area contributed by atoms with Crippen molar-refractivity contribution in [3.8, 4) is 0 Å². The molecule has 3 saturated heterocycles. The van der Waals surface area contributed by atoms with Crippen molar-refractivity contribution in [1.29, 1.82) is 0 Å². The second-order valence-electron chi connectivity index (χ2n) is 5.65. The summed E-state index contributed by atoms with van der Waals surface area (Å²) in [4.78, 5) is 14.8. The fraction of sp³-hybridized carbons (Fsp3) is 0.923. The molecule has 4 nitrogen and oxygen atoms in total. The number of ether oxygens (including phenoxy) is 1. The Morgan fingerprint density at radius 2 is 2.12 bits per heavy atom. The molecule has 96 valence electrons. The molecular formula is C13H22N2O2. The Morgan fingerprint density at radius 1 is 1.29 bits per heavy atom. The maximum atomic E-state index is 12.6. The summed E-state index contributed by atoms with van der Waals surface area (Å²) >= 11 is 0. The van der Waals surface area contributed by atoms with Crippen molar-refractivity contribution in [2.24, 2.45) is 5.41 Å². The predicted octanol–water partition coefficient (Wildman–Crippen LogP) is 0.767. The van der Waals surface area contributed by atoms with Gasteiger partial charge >= 0.3 is 0 Å². The van der Waals surface area contributed by atoms with Crippen molar-refractivity contribution in [2.75, 3.05) is 32.8 Å². The van der Waals surface area contributed by atoms with Crippen LogP contribution in [0.25, 0.3) is 0 Å². The molecule has 0 saturated carbocycles. The van der Waals surface area contributed by atoms with E-state index in [2.05, 4.69) is 10.2 Å². The first-order valence-corrected chi connectivity index (χ1v) is 6.91. The van der Waals surface area contributed by atoms with E-state index in [4.69, 9.17) is 4.74 Å². The molecule has 3 heterocycles.